The largest absolute Gasteiger partial charge is 0.346 e. The van der Waals surface area contributed by atoms with E-state index in [0.29, 0.717) is 11.6 Å². The normalized spacial score (nSPS) is 13.4. The molecule has 0 spiro atoms. The Balaban J connectivity index is 1.71. The number of aromatic amines is 1. The van der Waals surface area contributed by atoms with Gasteiger partial charge in [0.15, 0.2) is 5.82 Å². The van der Waals surface area contributed by atoms with Crippen molar-refractivity contribution in [3.8, 4) is 10.7 Å². The van der Waals surface area contributed by atoms with E-state index in [1.165, 1.54) is 0 Å². The van der Waals surface area contributed by atoms with Crippen LogP contribution in [0.2, 0.25) is 0 Å². The minimum Gasteiger partial charge on any atom is -0.346 e. The highest BCUT2D eigenvalue weighted by atomic mass is 32.1. The SMILES string of the molecule is Cc1cccc(C(CN)C(=O)NC(C)c2nc(-c3cccs3)n[nH]2)c1. The second-order valence-electron chi connectivity index (χ2n) is 5.95. The van der Waals surface area contributed by atoms with Crippen LogP contribution in [0.4, 0.5) is 0 Å². The van der Waals surface area contributed by atoms with E-state index in [2.05, 4.69) is 20.5 Å². The smallest absolute Gasteiger partial charge is 0.229 e. The van der Waals surface area contributed by atoms with Crippen LogP contribution in [0.15, 0.2) is 41.8 Å². The molecule has 25 heavy (non-hydrogen) atoms. The number of nitrogens with two attached hydrogens (primary N) is 1. The zero-order chi connectivity index (χ0) is 17.8. The fraction of sp³-hybridized carbons (Fsp3) is 0.278. The molecule has 0 aliphatic carbocycles. The fourth-order valence-corrected chi connectivity index (χ4v) is 3.31. The molecule has 130 valence electrons. The Kier molecular flexibility index (Phi) is 5.25. The number of H-pyrrole nitrogens is 1. The summed E-state index contributed by atoms with van der Waals surface area (Å²) in [6.45, 7) is 4.12. The van der Waals surface area contributed by atoms with Gasteiger partial charge >= 0.3 is 0 Å². The van der Waals surface area contributed by atoms with Gasteiger partial charge in [-0.25, -0.2) is 4.98 Å². The molecule has 0 bridgehead atoms. The predicted octanol–water partition coefficient (Wildman–Crippen LogP) is 2.76. The van der Waals surface area contributed by atoms with E-state index in [0.717, 1.165) is 16.0 Å². The Hall–Kier alpha value is -2.51. The van der Waals surface area contributed by atoms with Crippen molar-refractivity contribution >= 4 is 17.2 Å². The molecule has 1 amide bonds. The highest BCUT2D eigenvalue weighted by molar-refractivity contribution is 7.13. The first-order valence-corrected chi connectivity index (χ1v) is 8.99. The third kappa shape index (κ3) is 3.94. The van der Waals surface area contributed by atoms with Gasteiger partial charge in [0.25, 0.3) is 0 Å². The summed E-state index contributed by atoms with van der Waals surface area (Å²) < 4.78 is 0. The van der Waals surface area contributed by atoms with Gasteiger partial charge in [0.2, 0.25) is 5.91 Å². The van der Waals surface area contributed by atoms with Gasteiger partial charge < -0.3 is 11.1 Å². The second-order valence-corrected chi connectivity index (χ2v) is 6.90. The number of carbonyl (C=O) groups is 1. The molecule has 0 radical (unpaired) electrons. The molecule has 0 aliphatic rings. The molecule has 1 aromatic carbocycles. The molecule has 2 aromatic heterocycles. The lowest BCUT2D eigenvalue weighted by Crippen LogP contribution is -2.35. The van der Waals surface area contributed by atoms with Gasteiger partial charge in [-0.05, 0) is 30.9 Å². The fourth-order valence-electron chi connectivity index (χ4n) is 2.65. The minimum atomic E-state index is -0.387. The number of aryl methyl sites for hydroxylation is 1. The number of aromatic nitrogens is 3. The summed E-state index contributed by atoms with van der Waals surface area (Å²) in [6, 6.07) is 11.5. The number of thiophene rings is 1. The number of nitrogens with one attached hydrogen (secondary N) is 2. The average Bonchev–Trinajstić information content (AvgIpc) is 3.27. The van der Waals surface area contributed by atoms with Gasteiger partial charge in [0.1, 0.15) is 5.82 Å². The zero-order valence-corrected chi connectivity index (χ0v) is 15.0. The molecule has 2 heterocycles. The molecule has 4 N–H and O–H groups in total. The van der Waals surface area contributed by atoms with Gasteiger partial charge in [-0.1, -0.05) is 35.9 Å². The van der Waals surface area contributed by atoms with Crippen LogP contribution < -0.4 is 11.1 Å². The van der Waals surface area contributed by atoms with Crippen LogP contribution >= 0.6 is 11.3 Å². The summed E-state index contributed by atoms with van der Waals surface area (Å²) in [6.07, 6.45) is 0. The van der Waals surface area contributed by atoms with E-state index in [1.807, 2.05) is 55.6 Å². The third-order valence-corrected chi connectivity index (χ3v) is 4.88. The van der Waals surface area contributed by atoms with Crippen LogP contribution in [0.3, 0.4) is 0 Å². The molecule has 0 fully saturated rings. The highest BCUT2D eigenvalue weighted by Gasteiger charge is 2.22. The summed E-state index contributed by atoms with van der Waals surface area (Å²) >= 11 is 1.57. The van der Waals surface area contributed by atoms with Gasteiger partial charge in [0, 0.05) is 6.54 Å². The molecule has 3 aromatic rings. The second kappa shape index (κ2) is 7.58. The monoisotopic (exact) mass is 355 g/mol. The Morgan fingerprint density at radius 3 is 2.88 bits per heavy atom. The van der Waals surface area contributed by atoms with Crippen LogP contribution in [-0.4, -0.2) is 27.6 Å². The molecular formula is C18H21N5OS. The number of carbonyl (C=O) groups excluding carboxylic acids is 1. The number of benzene rings is 1. The van der Waals surface area contributed by atoms with Crippen molar-refractivity contribution in [3.05, 3.63) is 58.7 Å². The number of amides is 1. The maximum Gasteiger partial charge on any atom is 0.229 e. The minimum absolute atomic E-state index is 0.116. The lowest BCUT2D eigenvalue weighted by atomic mass is 9.96. The van der Waals surface area contributed by atoms with Crippen molar-refractivity contribution in [1.29, 1.82) is 0 Å². The topological polar surface area (TPSA) is 96.7 Å². The maximum atomic E-state index is 12.7. The Morgan fingerprint density at radius 2 is 2.20 bits per heavy atom. The molecule has 3 rings (SSSR count). The molecular weight excluding hydrogens is 334 g/mol. The summed E-state index contributed by atoms with van der Waals surface area (Å²) in [7, 11) is 0. The summed E-state index contributed by atoms with van der Waals surface area (Å²) in [4.78, 5) is 18.1. The van der Waals surface area contributed by atoms with Gasteiger partial charge in [-0.2, -0.15) is 5.10 Å². The summed E-state index contributed by atoms with van der Waals surface area (Å²) in [5, 5.41) is 12.1. The average molecular weight is 355 g/mol. The van der Waals surface area contributed by atoms with E-state index < -0.39 is 0 Å². The highest BCUT2D eigenvalue weighted by Crippen LogP contribution is 2.22. The Labute approximate surface area is 150 Å². The number of rotatable bonds is 6. The van der Waals surface area contributed by atoms with Gasteiger partial charge in [0.05, 0.1) is 16.8 Å². The first-order valence-electron chi connectivity index (χ1n) is 8.11. The molecule has 2 atom stereocenters. The van der Waals surface area contributed by atoms with Crippen LogP contribution in [0.5, 0.6) is 0 Å². The summed E-state index contributed by atoms with van der Waals surface area (Å²) in [5.41, 5.74) is 7.87. The molecule has 7 heteroatoms. The standard InChI is InChI=1S/C18H21N5OS/c1-11-5-3-6-13(9-11)14(10-19)18(24)20-12(2)16-21-17(23-22-16)15-7-4-8-25-15/h3-9,12,14H,10,19H2,1-2H3,(H,20,24)(H,21,22,23). The van der Waals surface area contributed by atoms with E-state index in [4.69, 9.17) is 5.73 Å². The van der Waals surface area contributed by atoms with Crippen molar-refractivity contribution in [2.45, 2.75) is 25.8 Å². The van der Waals surface area contributed by atoms with E-state index in [-0.39, 0.29) is 24.4 Å². The number of hydrogen-bond donors (Lipinski definition) is 3. The first kappa shape index (κ1) is 17.3. The number of nitrogens with zero attached hydrogens (tertiary/aromatic N) is 2. The molecule has 6 nitrogen and oxygen atoms in total. The van der Waals surface area contributed by atoms with Crippen LogP contribution in [0.25, 0.3) is 10.7 Å². The third-order valence-electron chi connectivity index (χ3n) is 4.01. The quantitative estimate of drug-likeness (QED) is 0.633. The van der Waals surface area contributed by atoms with Gasteiger partial charge in [-0.3, -0.25) is 9.89 Å². The molecule has 2 unspecified atom stereocenters. The van der Waals surface area contributed by atoms with Crippen molar-refractivity contribution in [3.63, 3.8) is 0 Å². The molecule has 0 aliphatic heterocycles. The maximum absolute atomic E-state index is 12.7. The lowest BCUT2D eigenvalue weighted by molar-refractivity contribution is -0.123. The Bertz CT molecular complexity index is 843. The van der Waals surface area contributed by atoms with Gasteiger partial charge in [-0.15, -0.1) is 11.3 Å². The van der Waals surface area contributed by atoms with Crippen molar-refractivity contribution in [2.24, 2.45) is 5.73 Å². The molecule has 0 saturated carbocycles. The lowest BCUT2D eigenvalue weighted by Gasteiger charge is -2.18. The first-order chi connectivity index (χ1) is 12.1. The van der Waals surface area contributed by atoms with E-state index >= 15 is 0 Å². The van der Waals surface area contributed by atoms with Crippen LogP contribution in [0.1, 0.15) is 35.8 Å². The van der Waals surface area contributed by atoms with Crippen LogP contribution in [-0.2, 0) is 4.79 Å². The van der Waals surface area contributed by atoms with Crippen LogP contribution in [0, 0.1) is 6.92 Å². The van der Waals surface area contributed by atoms with E-state index in [9.17, 15) is 4.79 Å². The van der Waals surface area contributed by atoms with Crippen molar-refractivity contribution in [2.75, 3.05) is 6.54 Å². The van der Waals surface area contributed by atoms with E-state index in [1.54, 1.807) is 11.3 Å². The number of hydrogen-bond acceptors (Lipinski definition) is 5. The van der Waals surface area contributed by atoms with Crippen molar-refractivity contribution < 1.29 is 4.79 Å². The van der Waals surface area contributed by atoms with Crippen molar-refractivity contribution in [1.82, 2.24) is 20.5 Å². The summed E-state index contributed by atoms with van der Waals surface area (Å²) in [5.74, 6) is 0.758. The Morgan fingerprint density at radius 1 is 1.36 bits per heavy atom. The predicted molar refractivity (Wildman–Crippen MR) is 99.2 cm³/mol. The molecule has 0 saturated heterocycles. The zero-order valence-electron chi connectivity index (χ0n) is 14.2.